The Bertz CT molecular complexity index is 1920. The van der Waals surface area contributed by atoms with Crippen molar-refractivity contribution in [2.45, 2.75) is 173 Å². The summed E-state index contributed by atoms with van der Waals surface area (Å²) < 4.78 is 55.4. The second-order valence-electron chi connectivity index (χ2n) is 22.2. The minimum atomic E-state index is -4.07. The normalized spacial score (nSPS) is 26.2. The van der Waals surface area contributed by atoms with Crippen LogP contribution in [0.15, 0.2) is 54.6 Å². The lowest BCUT2D eigenvalue weighted by Gasteiger charge is -2.48. The predicted octanol–water partition coefficient (Wildman–Crippen LogP) is 9.85. The maximum atomic E-state index is 16.6. The average Bonchev–Trinajstić information content (AvgIpc) is 3.16. The van der Waals surface area contributed by atoms with Gasteiger partial charge in [0.25, 0.3) is 7.37 Å². The van der Waals surface area contributed by atoms with Crippen molar-refractivity contribution in [1.82, 2.24) is 5.32 Å². The Morgan fingerprint density at radius 1 is 0.698 bits per heavy atom. The highest BCUT2D eigenvalue weighted by Crippen LogP contribution is 2.61. The molecule has 2 aromatic rings. The monoisotopic (exact) mass is 898 g/mol. The number of carbonyl (C=O) groups excluding carboxylic acids is 4. The van der Waals surface area contributed by atoms with Crippen molar-refractivity contribution >= 4 is 36.6 Å². The van der Waals surface area contributed by atoms with Gasteiger partial charge in [-0.15, -0.1) is 0 Å². The van der Waals surface area contributed by atoms with Crippen LogP contribution >= 0.6 is 7.37 Å². The van der Waals surface area contributed by atoms with Crippen LogP contribution in [0.4, 0.5) is 0 Å². The van der Waals surface area contributed by atoms with E-state index in [1.54, 1.807) is 95.2 Å². The van der Waals surface area contributed by atoms with Crippen LogP contribution in [-0.2, 0) is 52.0 Å². The summed E-state index contributed by atoms with van der Waals surface area (Å²) >= 11 is 0. The molecular formula is C50H76NO11P. The molecule has 352 valence electrons. The van der Waals surface area contributed by atoms with E-state index in [0.717, 1.165) is 18.4 Å². The zero-order chi connectivity index (χ0) is 47.5. The average molecular weight is 898 g/mol. The zero-order valence-corrected chi connectivity index (χ0v) is 41.6. The number of ether oxygens (including phenoxy) is 5. The summed E-state index contributed by atoms with van der Waals surface area (Å²) in [5.41, 5.74) is -2.48. The summed E-state index contributed by atoms with van der Waals surface area (Å²) in [5, 5.41) is 3.98. The second kappa shape index (κ2) is 20.3. The van der Waals surface area contributed by atoms with Gasteiger partial charge in [-0.25, -0.2) is 0 Å². The number of hydrogen-bond donors (Lipinski definition) is 1. The zero-order valence-electron chi connectivity index (χ0n) is 40.7. The molecule has 1 saturated heterocycles. The first-order valence-corrected chi connectivity index (χ1v) is 24.2. The van der Waals surface area contributed by atoms with Crippen LogP contribution < -0.4 is 10.6 Å². The number of esters is 4. The van der Waals surface area contributed by atoms with E-state index in [9.17, 15) is 19.2 Å². The highest BCUT2D eigenvalue weighted by atomic mass is 31.2. The number of rotatable bonds is 13. The topological polar surface area (TPSA) is 153 Å². The number of aryl methyl sites for hydroxylation is 1. The molecule has 2 aliphatic rings. The molecule has 0 bridgehead atoms. The molecule has 0 aromatic heterocycles. The molecule has 13 heteroatoms. The molecule has 0 unspecified atom stereocenters. The van der Waals surface area contributed by atoms with E-state index < -0.39 is 95.9 Å². The molecule has 4 rings (SSSR count). The van der Waals surface area contributed by atoms with Crippen LogP contribution in [0.5, 0.6) is 0 Å². The van der Waals surface area contributed by atoms with Crippen molar-refractivity contribution in [2.24, 2.45) is 39.4 Å². The van der Waals surface area contributed by atoms with Crippen LogP contribution in [0, 0.1) is 46.3 Å². The van der Waals surface area contributed by atoms with Gasteiger partial charge in [0.2, 0.25) is 0 Å². The highest BCUT2D eigenvalue weighted by Gasteiger charge is 2.56. The van der Waals surface area contributed by atoms with Crippen molar-refractivity contribution in [3.63, 3.8) is 0 Å². The van der Waals surface area contributed by atoms with Gasteiger partial charge < -0.3 is 28.2 Å². The fourth-order valence-corrected chi connectivity index (χ4v) is 10.2. The third kappa shape index (κ3) is 13.5. The van der Waals surface area contributed by atoms with Crippen molar-refractivity contribution in [2.75, 3.05) is 6.61 Å². The molecule has 2 fully saturated rings. The molecule has 1 heterocycles. The molecule has 1 aliphatic carbocycles. The van der Waals surface area contributed by atoms with Crippen LogP contribution in [0.1, 0.15) is 140 Å². The van der Waals surface area contributed by atoms with Crippen LogP contribution in [0.2, 0.25) is 0 Å². The van der Waals surface area contributed by atoms with E-state index in [-0.39, 0.29) is 17.9 Å². The van der Waals surface area contributed by atoms with Gasteiger partial charge in [-0.3, -0.25) is 29.1 Å². The Morgan fingerprint density at radius 2 is 1.19 bits per heavy atom. The summed E-state index contributed by atoms with van der Waals surface area (Å²) in [6.45, 7) is 28.3. The van der Waals surface area contributed by atoms with E-state index in [0.29, 0.717) is 23.2 Å². The third-order valence-corrected chi connectivity index (χ3v) is 14.3. The molecule has 2 aromatic carbocycles. The van der Waals surface area contributed by atoms with Gasteiger partial charge in [0.15, 0.2) is 24.5 Å². The maximum absolute atomic E-state index is 16.6. The van der Waals surface area contributed by atoms with Crippen molar-refractivity contribution in [3.05, 3.63) is 65.7 Å². The van der Waals surface area contributed by atoms with E-state index in [4.69, 9.17) is 28.2 Å². The molecule has 1 aliphatic heterocycles. The second-order valence-corrected chi connectivity index (χ2v) is 24.6. The number of carbonyl (C=O) groups is 4. The summed E-state index contributed by atoms with van der Waals surface area (Å²) in [6.07, 6.45) is -4.81. The number of benzene rings is 2. The van der Waals surface area contributed by atoms with Gasteiger partial charge >= 0.3 is 23.9 Å². The Balaban J connectivity index is 2.03. The lowest BCUT2D eigenvalue weighted by Crippen LogP contribution is -2.67. The van der Waals surface area contributed by atoms with Crippen molar-refractivity contribution < 1.29 is 52.0 Å². The number of hydrogen-bond acceptors (Lipinski definition) is 12. The van der Waals surface area contributed by atoms with Gasteiger partial charge in [-0.2, -0.15) is 0 Å². The fourth-order valence-electron chi connectivity index (χ4n) is 7.50. The summed E-state index contributed by atoms with van der Waals surface area (Å²) in [7, 11) is -4.07. The quantitative estimate of drug-likeness (QED) is 0.116. The van der Waals surface area contributed by atoms with Crippen LogP contribution in [0.3, 0.4) is 0 Å². The minimum Gasteiger partial charge on any atom is -0.462 e. The first-order valence-electron chi connectivity index (χ1n) is 22.6. The standard InChI is InChI=1S/C50H76NO11P/c1-30(2)35-27-24-32(4)28-36(35)62-63(56,34-20-18-17-19-21-34)42(33-25-22-31(3)23-26-33)51-41-40(61-46(55)50(14,15)16)39(60-45(54)49(11,12)13)38(59-44(53)48(8,9)10)37(58-41)29-57-43(52)47(5,6)7/h17-23,25-26,30,32,35-42,51H,24,27-29H2,1-16H3/t32-,35+,36-,37-,38+,39+,40-,41-,42+,63+/m1/s1. The lowest BCUT2D eigenvalue weighted by atomic mass is 9.75. The smallest absolute Gasteiger partial charge is 0.311 e. The van der Waals surface area contributed by atoms with Crippen molar-refractivity contribution in [3.8, 4) is 0 Å². The first kappa shape index (κ1) is 52.1. The predicted molar refractivity (Wildman–Crippen MR) is 244 cm³/mol. The minimum absolute atomic E-state index is 0.129. The largest absolute Gasteiger partial charge is 0.462 e. The molecule has 12 nitrogen and oxygen atoms in total. The molecular weight excluding hydrogens is 822 g/mol. The lowest BCUT2D eigenvalue weighted by molar-refractivity contribution is -0.265. The summed E-state index contributed by atoms with van der Waals surface area (Å²) in [4.78, 5) is 55.3. The molecule has 1 saturated carbocycles. The maximum Gasteiger partial charge on any atom is 0.311 e. The Morgan fingerprint density at radius 3 is 1.68 bits per heavy atom. The van der Waals surface area contributed by atoms with Gasteiger partial charge in [-0.05, 0) is 138 Å². The summed E-state index contributed by atoms with van der Waals surface area (Å²) in [6, 6.07) is 16.7. The number of nitrogens with one attached hydrogen (secondary N) is 1. The van der Waals surface area contributed by atoms with E-state index >= 15 is 4.57 Å². The van der Waals surface area contributed by atoms with Crippen LogP contribution in [0.25, 0.3) is 0 Å². The molecule has 1 N–H and O–H groups in total. The molecule has 0 spiro atoms. The Kier molecular flexibility index (Phi) is 16.8. The van der Waals surface area contributed by atoms with Crippen molar-refractivity contribution in [1.29, 1.82) is 0 Å². The third-order valence-electron chi connectivity index (χ3n) is 11.6. The van der Waals surface area contributed by atoms with Gasteiger partial charge in [0, 0.05) is 5.30 Å². The molecule has 10 atom stereocenters. The molecule has 0 radical (unpaired) electrons. The van der Waals surface area contributed by atoms with E-state index in [2.05, 4.69) is 26.1 Å². The first-order chi connectivity index (χ1) is 28.9. The SMILES string of the molecule is Cc1ccc([C@@H](N[C@@H]2O[C@H](COC(=O)C(C)(C)C)[C@H](OC(=O)C(C)(C)C)[C@H](OC(=O)C(C)(C)C)[C@H]2OC(=O)C(C)(C)C)[P@@](=O)(O[C@@H]2C[C@H](C)CC[C@H]2C(C)C)c2ccccc2)cc1. The Hall–Kier alpha value is -3.57. The fraction of sp³-hybridized carbons (Fsp3) is 0.680. The van der Waals surface area contributed by atoms with Gasteiger partial charge in [0.1, 0.15) is 18.5 Å². The highest BCUT2D eigenvalue weighted by molar-refractivity contribution is 7.67. The molecule has 63 heavy (non-hydrogen) atoms. The van der Waals surface area contributed by atoms with E-state index in [1.165, 1.54) is 0 Å². The Labute approximate surface area is 377 Å². The summed E-state index contributed by atoms with van der Waals surface area (Å²) in [5.74, 6) is -2.96. The van der Waals surface area contributed by atoms with E-state index in [1.807, 2.05) is 49.4 Å². The van der Waals surface area contributed by atoms with Gasteiger partial charge in [0.05, 0.1) is 27.8 Å². The van der Waals surface area contributed by atoms with Crippen LogP contribution in [-0.4, -0.2) is 67.2 Å². The van der Waals surface area contributed by atoms with Gasteiger partial charge in [-0.1, -0.05) is 75.2 Å². The molecule has 0 amide bonds.